The predicted octanol–water partition coefficient (Wildman–Crippen LogP) is 1.93. The Morgan fingerprint density at radius 2 is 2.18 bits per heavy atom. The first-order valence-corrected chi connectivity index (χ1v) is 6.93. The van der Waals surface area contributed by atoms with Crippen molar-refractivity contribution in [3.63, 3.8) is 0 Å². The van der Waals surface area contributed by atoms with E-state index >= 15 is 0 Å². The van der Waals surface area contributed by atoms with E-state index in [4.69, 9.17) is 10.1 Å². The summed E-state index contributed by atoms with van der Waals surface area (Å²) in [7, 11) is 1.48. The summed E-state index contributed by atoms with van der Waals surface area (Å²) in [5.74, 6) is 0.246. The Balaban J connectivity index is 2.54. The van der Waals surface area contributed by atoms with Crippen LogP contribution in [0.1, 0.15) is 35.6 Å². The van der Waals surface area contributed by atoms with Crippen LogP contribution in [0, 0.1) is 18.3 Å². The second-order valence-electron chi connectivity index (χ2n) is 5.17. The van der Waals surface area contributed by atoms with Crippen molar-refractivity contribution in [3.05, 3.63) is 41.2 Å². The molecule has 0 fully saturated rings. The summed E-state index contributed by atoms with van der Waals surface area (Å²) in [6.07, 6.45) is 0. The van der Waals surface area contributed by atoms with Gasteiger partial charge in [0.1, 0.15) is 7.11 Å². The summed E-state index contributed by atoms with van der Waals surface area (Å²) in [5, 5.41) is 11.8. The van der Waals surface area contributed by atoms with Crippen molar-refractivity contribution in [1.82, 2.24) is 15.0 Å². The van der Waals surface area contributed by atoms with Gasteiger partial charge in [-0.1, -0.05) is 12.1 Å². The summed E-state index contributed by atoms with van der Waals surface area (Å²) >= 11 is 0. The van der Waals surface area contributed by atoms with Gasteiger partial charge in [-0.15, -0.1) is 0 Å². The minimum atomic E-state index is -0.246. The van der Waals surface area contributed by atoms with Crippen molar-refractivity contribution in [2.45, 2.75) is 26.8 Å². The minimum Gasteiger partial charge on any atom is -0.415 e. The smallest absolute Gasteiger partial charge is 0.273 e. The standard InChI is InChI=1S/C16H18N4O2/c1-10(2)18-16(21)14-11(3)19-15(20(14)22-4)13-7-5-6-12(8-13)9-17/h5-8,10H,1-4H3,(H,18,21). The Labute approximate surface area is 129 Å². The number of carbonyl (C=O) groups excluding carboxylic acids is 1. The highest BCUT2D eigenvalue weighted by atomic mass is 16.6. The number of hydrogen-bond acceptors (Lipinski definition) is 4. The monoisotopic (exact) mass is 298 g/mol. The zero-order chi connectivity index (χ0) is 16.3. The molecule has 1 heterocycles. The fourth-order valence-corrected chi connectivity index (χ4v) is 2.18. The molecular formula is C16H18N4O2. The topological polar surface area (TPSA) is 79.9 Å². The zero-order valence-electron chi connectivity index (χ0n) is 13.0. The summed E-state index contributed by atoms with van der Waals surface area (Å²) in [5.41, 5.74) is 2.16. The normalized spacial score (nSPS) is 10.4. The van der Waals surface area contributed by atoms with E-state index in [1.54, 1.807) is 25.1 Å². The molecule has 6 heteroatoms. The van der Waals surface area contributed by atoms with Gasteiger partial charge in [-0.2, -0.15) is 9.99 Å². The number of rotatable bonds is 4. The second-order valence-corrected chi connectivity index (χ2v) is 5.17. The van der Waals surface area contributed by atoms with Crippen molar-refractivity contribution in [3.8, 4) is 17.5 Å². The molecule has 0 radical (unpaired) electrons. The van der Waals surface area contributed by atoms with Crippen LogP contribution in [-0.2, 0) is 0 Å². The van der Waals surface area contributed by atoms with Gasteiger partial charge >= 0.3 is 0 Å². The number of benzene rings is 1. The van der Waals surface area contributed by atoms with E-state index in [-0.39, 0.29) is 11.9 Å². The Morgan fingerprint density at radius 1 is 1.45 bits per heavy atom. The van der Waals surface area contributed by atoms with Crippen LogP contribution >= 0.6 is 0 Å². The van der Waals surface area contributed by atoms with Crippen LogP contribution in [-0.4, -0.2) is 28.8 Å². The Morgan fingerprint density at radius 3 is 2.77 bits per heavy atom. The van der Waals surface area contributed by atoms with Gasteiger partial charge in [0.25, 0.3) is 5.91 Å². The van der Waals surface area contributed by atoms with Crippen molar-refractivity contribution in [2.24, 2.45) is 0 Å². The van der Waals surface area contributed by atoms with E-state index in [9.17, 15) is 4.79 Å². The largest absolute Gasteiger partial charge is 0.415 e. The van der Waals surface area contributed by atoms with Gasteiger partial charge in [0, 0.05) is 11.6 Å². The van der Waals surface area contributed by atoms with E-state index in [0.717, 1.165) is 0 Å². The number of imidazole rings is 1. The molecule has 6 nitrogen and oxygen atoms in total. The molecule has 0 aliphatic heterocycles. The molecule has 1 amide bonds. The molecule has 0 aliphatic carbocycles. The van der Waals surface area contributed by atoms with Gasteiger partial charge in [-0.3, -0.25) is 4.79 Å². The maximum Gasteiger partial charge on any atom is 0.273 e. The van der Waals surface area contributed by atoms with Gasteiger partial charge < -0.3 is 10.2 Å². The SMILES string of the molecule is COn1c(-c2cccc(C#N)c2)nc(C)c1C(=O)NC(C)C. The Kier molecular flexibility index (Phi) is 4.47. The van der Waals surface area contributed by atoms with Crippen LogP contribution in [0.4, 0.5) is 0 Å². The number of nitriles is 1. The number of aryl methyl sites for hydroxylation is 1. The number of aromatic nitrogens is 2. The molecular weight excluding hydrogens is 280 g/mol. The third-order valence-electron chi connectivity index (χ3n) is 3.08. The van der Waals surface area contributed by atoms with Crippen molar-refractivity contribution >= 4 is 5.91 Å². The van der Waals surface area contributed by atoms with Gasteiger partial charge in [0.2, 0.25) is 0 Å². The fourth-order valence-electron chi connectivity index (χ4n) is 2.18. The molecule has 0 saturated carbocycles. The van der Waals surface area contributed by atoms with Gasteiger partial charge in [0.15, 0.2) is 11.5 Å². The second kappa shape index (κ2) is 6.31. The van der Waals surface area contributed by atoms with Gasteiger partial charge in [-0.25, -0.2) is 4.98 Å². The van der Waals surface area contributed by atoms with Crippen LogP contribution in [0.15, 0.2) is 24.3 Å². The lowest BCUT2D eigenvalue weighted by Crippen LogP contribution is -2.33. The number of nitrogens with zero attached hydrogens (tertiary/aromatic N) is 3. The van der Waals surface area contributed by atoms with Crippen LogP contribution in [0.3, 0.4) is 0 Å². The number of hydrogen-bond donors (Lipinski definition) is 1. The molecule has 1 aromatic heterocycles. The first kappa shape index (κ1) is 15.6. The minimum absolute atomic E-state index is 0.0115. The third kappa shape index (κ3) is 2.93. The van der Waals surface area contributed by atoms with E-state index in [0.29, 0.717) is 28.3 Å². The molecule has 0 unspecified atom stereocenters. The molecule has 0 aliphatic rings. The first-order valence-electron chi connectivity index (χ1n) is 6.93. The molecule has 0 bridgehead atoms. The quantitative estimate of drug-likeness (QED) is 0.935. The lowest BCUT2D eigenvalue weighted by Gasteiger charge is -2.12. The predicted molar refractivity (Wildman–Crippen MR) is 82.2 cm³/mol. The molecule has 22 heavy (non-hydrogen) atoms. The molecule has 0 spiro atoms. The van der Waals surface area contributed by atoms with E-state index < -0.39 is 0 Å². The number of nitrogens with one attached hydrogen (secondary N) is 1. The van der Waals surface area contributed by atoms with Gasteiger partial charge in [0.05, 0.1) is 17.3 Å². The molecule has 1 aromatic carbocycles. The zero-order valence-corrected chi connectivity index (χ0v) is 13.0. The van der Waals surface area contributed by atoms with E-state index in [2.05, 4.69) is 16.4 Å². The van der Waals surface area contributed by atoms with E-state index in [1.165, 1.54) is 11.8 Å². The van der Waals surface area contributed by atoms with Crippen LogP contribution < -0.4 is 10.2 Å². The maximum atomic E-state index is 12.3. The number of amides is 1. The lowest BCUT2D eigenvalue weighted by atomic mass is 10.1. The molecule has 1 N–H and O–H groups in total. The van der Waals surface area contributed by atoms with Gasteiger partial charge in [-0.05, 0) is 32.9 Å². The summed E-state index contributed by atoms with van der Waals surface area (Å²) in [6, 6.07) is 9.11. The molecule has 0 saturated heterocycles. The average molecular weight is 298 g/mol. The third-order valence-corrected chi connectivity index (χ3v) is 3.08. The maximum absolute atomic E-state index is 12.3. The van der Waals surface area contributed by atoms with Crippen molar-refractivity contribution in [1.29, 1.82) is 5.26 Å². The fraction of sp³-hybridized carbons (Fsp3) is 0.312. The molecule has 114 valence electrons. The van der Waals surface area contributed by atoms with Crippen molar-refractivity contribution in [2.75, 3.05) is 7.11 Å². The highest BCUT2D eigenvalue weighted by Crippen LogP contribution is 2.22. The molecule has 2 aromatic rings. The first-order chi connectivity index (χ1) is 10.5. The Bertz CT molecular complexity index is 741. The van der Waals surface area contributed by atoms with E-state index in [1.807, 2.05) is 19.9 Å². The van der Waals surface area contributed by atoms with Crippen LogP contribution in [0.5, 0.6) is 0 Å². The van der Waals surface area contributed by atoms with Crippen molar-refractivity contribution < 1.29 is 9.63 Å². The van der Waals surface area contributed by atoms with Crippen LogP contribution in [0.25, 0.3) is 11.4 Å². The molecule has 2 rings (SSSR count). The average Bonchev–Trinajstić information content (AvgIpc) is 2.83. The summed E-state index contributed by atoms with van der Waals surface area (Å²) in [4.78, 5) is 22.1. The Hall–Kier alpha value is -2.81. The van der Waals surface area contributed by atoms with Crippen LogP contribution in [0.2, 0.25) is 0 Å². The number of carbonyl (C=O) groups is 1. The summed E-state index contributed by atoms with van der Waals surface area (Å²) in [6.45, 7) is 5.53. The molecule has 0 atom stereocenters. The lowest BCUT2D eigenvalue weighted by molar-refractivity contribution is 0.0887. The summed E-state index contributed by atoms with van der Waals surface area (Å²) < 4.78 is 1.39. The highest BCUT2D eigenvalue weighted by Gasteiger charge is 2.23. The highest BCUT2D eigenvalue weighted by molar-refractivity contribution is 5.94.